The van der Waals surface area contributed by atoms with Crippen LogP contribution >= 0.6 is 12.4 Å². The monoisotopic (exact) mass is 318 g/mol. The van der Waals surface area contributed by atoms with Crippen molar-refractivity contribution in [2.24, 2.45) is 0 Å². The summed E-state index contributed by atoms with van der Waals surface area (Å²) in [6.07, 6.45) is 2.57. The predicted molar refractivity (Wildman–Crippen MR) is 93.6 cm³/mol. The highest BCUT2D eigenvalue weighted by molar-refractivity contribution is 5.85. The van der Waals surface area contributed by atoms with Crippen molar-refractivity contribution in [2.45, 2.75) is 19.3 Å². The van der Waals surface area contributed by atoms with E-state index < -0.39 is 0 Å². The van der Waals surface area contributed by atoms with E-state index in [1.165, 1.54) is 16.3 Å². The number of amides is 1. The van der Waals surface area contributed by atoms with Gasteiger partial charge in [-0.15, -0.1) is 12.4 Å². The maximum Gasteiger partial charge on any atom is 0.222 e. The zero-order valence-electron chi connectivity index (χ0n) is 12.8. The third-order valence-corrected chi connectivity index (χ3v) is 4.14. The lowest BCUT2D eigenvalue weighted by atomic mass is 10.0. The summed E-state index contributed by atoms with van der Waals surface area (Å²) < 4.78 is 0. The van der Waals surface area contributed by atoms with Gasteiger partial charge in [-0.2, -0.15) is 0 Å². The molecule has 0 aliphatic carbocycles. The van der Waals surface area contributed by atoms with Crippen molar-refractivity contribution in [1.29, 1.82) is 0 Å². The van der Waals surface area contributed by atoms with Gasteiger partial charge < -0.3 is 10.2 Å². The SMILES string of the molecule is Cl.O=C(CCCc1ccc2ccccc2c1)N1CCNCC1. The lowest BCUT2D eigenvalue weighted by Crippen LogP contribution is -2.46. The number of aryl methyl sites for hydroxylation is 1. The van der Waals surface area contributed by atoms with Crippen molar-refractivity contribution >= 4 is 29.1 Å². The molecule has 0 unspecified atom stereocenters. The number of hydrogen-bond acceptors (Lipinski definition) is 2. The van der Waals surface area contributed by atoms with Crippen LogP contribution in [0.25, 0.3) is 10.8 Å². The Morgan fingerprint density at radius 2 is 1.77 bits per heavy atom. The molecule has 3 nitrogen and oxygen atoms in total. The van der Waals surface area contributed by atoms with Gasteiger partial charge in [-0.1, -0.05) is 42.5 Å². The van der Waals surface area contributed by atoms with Gasteiger partial charge in [0.2, 0.25) is 5.91 Å². The standard InChI is InChI=1S/C18H22N2O.ClH/c21-18(20-12-10-19-11-13-20)7-3-4-15-8-9-16-5-1-2-6-17(16)14-15;/h1-2,5-6,8-9,14,19H,3-4,7,10-13H2;1H. The fourth-order valence-corrected chi connectivity index (χ4v) is 2.91. The molecule has 0 bridgehead atoms. The molecule has 22 heavy (non-hydrogen) atoms. The van der Waals surface area contributed by atoms with Crippen LogP contribution in [0.1, 0.15) is 18.4 Å². The molecule has 4 heteroatoms. The summed E-state index contributed by atoms with van der Waals surface area (Å²) in [5.74, 6) is 0.303. The topological polar surface area (TPSA) is 32.3 Å². The number of benzene rings is 2. The summed E-state index contributed by atoms with van der Waals surface area (Å²) >= 11 is 0. The summed E-state index contributed by atoms with van der Waals surface area (Å²) in [7, 11) is 0. The molecule has 3 rings (SSSR count). The molecule has 0 aromatic heterocycles. The Labute approximate surface area is 138 Å². The second-order valence-corrected chi connectivity index (χ2v) is 5.67. The van der Waals surface area contributed by atoms with Crippen molar-refractivity contribution in [3.05, 3.63) is 48.0 Å². The van der Waals surface area contributed by atoms with Gasteiger partial charge in [0.1, 0.15) is 0 Å². The lowest BCUT2D eigenvalue weighted by molar-refractivity contribution is -0.131. The number of halogens is 1. The third kappa shape index (κ3) is 4.21. The molecular formula is C18H23ClN2O. The molecule has 1 heterocycles. The molecule has 0 saturated carbocycles. The molecule has 2 aromatic carbocycles. The largest absolute Gasteiger partial charge is 0.340 e. The maximum atomic E-state index is 12.1. The summed E-state index contributed by atoms with van der Waals surface area (Å²) in [6, 6.07) is 15.0. The summed E-state index contributed by atoms with van der Waals surface area (Å²) in [4.78, 5) is 14.1. The van der Waals surface area contributed by atoms with Gasteiger partial charge in [-0.05, 0) is 29.2 Å². The highest BCUT2D eigenvalue weighted by Gasteiger charge is 2.15. The van der Waals surface area contributed by atoms with Crippen LogP contribution in [0.4, 0.5) is 0 Å². The van der Waals surface area contributed by atoms with E-state index >= 15 is 0 Å². The number of carbonyl (C=O) groups is 1. The summed E-state index contributed by atoms with van der Waals surface area (Å²) in [6.45, 7) is 3.57. The number of rotatable bonds is 4. The minimum Gasteiger partial charge on any atom is -0.340 e. The maximum absolute atomic E-state index is 12.1. The van der Waals surface area contributed by atoms with E-state index in [2.05, 4.69) is 47.8 Å². The van der Waals surface area contributed by atoms with Gasteiger partial charge in [0.15, 0.2) is 0 Å². The molecule has 1 aliphatic heterocycles. The van der Waals surface area contributed by atoms with Crippen molar-refractivity contribution in [3.63, 3.8) is 0 Å². The number of carbonyl (C=O) groups excluding carboxylic acids is 1. The van der Waals surface area contributed by atoms with E-state index in [0.717, 1.165) is 39.0 Å². The molecule has 0 spiro atoms. The van der Waals surface area contributed by atoms with Crippen LogP contribution in [-0.2, 0) is 11.2 Å². The molecule has 1 fully saturated rings. The Kier molecular flexibility index (Phi) is 6.22. The van der Waals surface area contributed by atoms with E-state index in [1.54, 1.807) is 0 Å². The van der Waals surface area contributed by atoms with E-state index in [1.807, 2.05) is 4.90 Å². The Bertz CT molecular complexity index is 623. The van der Waals surface area contributed by atoms with Crippen LogP contribution in [0, 0.1) is 0 Å². The number of nitrogens with zero attached hydrogens (tertiary/aromatic N) is 1. The second kappa shape index (κ2) is 8.16. The minimum absolute atomic E-state index is 0. The quantitative estimate of drug-likeness (QED) is 0.940. The lowest BCUT2D eigenvalue weighted by Gasteiger charge is -2.27. The van der Waals surface area contributed by atoms with E-state index in [9.17, 15) is 4.79 Å². The number of piperazine rings is 1. The first-order chi connectivity index (χ1) is 10.3. The highest BCUT2D eigenvalue weighted by Crippen LogP contribution is 2.17. The van der Waals surface area contributed by atoms with E-state index in [0.29, 0.717) is 12.3 Å². The van der Waals surface area contributed by atoms with Gasteiger partial charge in [0.25, 0.3) is 0 Å². The molecule has 0 radical (unpaired) electrons. The third-order valence-electron chi connectivity index (χ3n) is 4.14. The average molecular weight is 319 g/mol. The van der Waals surface area contributed by atoms with Crippen LogP contribution < -0.4 is 5.32 Å². The molecule has 1 aliphatic rings. The molecule has 0 atom stereocenters. The Morgan fingerprint density at radius 1 is 1.05 bits per heavy atom. The van der Waals surface area contributed by atoms with Gasteiger partial charge in [-0.3, -0.25) is 4.79 Å². The van der Waals surface area contributed by atoms with Crippen LogP contribution in [0.15, 0.2) is 42.5 Å². The molecule has 1 amide bonds. The molecule has 1 N–H and O–H groups in total. The Morgan fingerprint density at radius 3 is 2.55 bits per heavy atom. The first kappa shape index (κ1) is 16.8. The molecule has 118 valence electrons. The normalized spacial score (nSPS) is 14.6. The van der Waals surface area contributed by atoms with Crippen molar-refractivity contribution in [3.8, 4) is 0 Å². The molecule has 1 saturated heterocycles. The summed E-state index contributed by atoms with van der Waals surface area (Å²) in [5, 5.41) is 5.83. The smallest absolute Gasteiger partial charge is 0.222 e. The fraction of sp³-hybridized carbons (Fsp3) is 0.389. The van der Waals surface area contributed by atoms with E-state index in [4.69, 9.17) is 0 Å². The number of fused-ring (bicyclic) bond motifs is 1. The minimum atomic E-state index is 0. The number of hydrogen-bond donors (Lipinski definition) is 1. The Balaban J connectivity index is 0.00000176. The van der Waals surface area contributed by atoms with Crippen LogP contribution in [0.3, 0.4) is 0 Å². The van der Waals surface area contributed by atoms with Gasteiger partial charge >= 0.3 is 0 Å². The van der Waals surface area contributed by atoms with Crippen LogP contribution in [0.5, 0.6) is 0 Å². The predicted octanol–water partition coefficient (Wildman–Crippen LogP) is 3.02. The molecule has 2 aromatic rings. The van der Waals surface area contributed by atoms with Gasteiger partial charge in [-0.25, -0.2) is 0 Å². The van der Waals surface area contributed by atoms with Crippen molar-refractivity contribution in [2.75, 3.05) is 26.2 Å². The van der Waals surface area contributed by atoms with Gasteiger partial charge in [0, 0.05) is 32.6 Å². The zero-order chi connectivity index (χ0) is 14.5. The van der Waals surface area contributed by atoms with Crippen molar-refractivity contribution < 1.29 is 4.79 Å². The van der Waals surface area contributed by atoms with Crippen molar-refractivity contribution in [1.82, 2.24) is 10.2 Å². The van der Waals surface area contributed by atoms with Crippen LogP contribution in [-0.4, -0.2) is 37.0 Å². The first-order valence-electron chi connectivity index (χ1n) is 7.79. The summed E-state index contributed by atoms with van der Waals surface area (Å²) in [5.41, 5.74) is 1.32. The highest BCUT2D eigenvalue weighted by atomic mass is 35.5. The average Bonchev–Trinajstić information content (AvgIpc) is 2.55. The first-order valence-corrected chi connectivity index (χ1v) is 7.79. The van der Waals surface area contributed by atoms with E-state index in [-0.39, 0.29) is 12.4 Å². The van der Waals surface area contributed by atoms with Gasteiger partial charge in [0.05, 0.1) is 0 Å². The Hall–Kier alpha value is -1.58. The second-order valence-electron chi connectivity index (χ2n) is 5.67. The van der Waals surface area contributed by atoms with Crippen LogP contribution in [0.2, 0.25) is 0 Å². The fourth-order valence-electron chi connectivity index (χ4n) is 2.91. The number of nitrogens with one attached hydrogen (secondary N) is 1. The molecular weight excluding hydrogens is 296 g/mol. The zero-order valence-corrected chi connectivity index (χ0v) is 13.6.